The Morgan fingerprint density at radius 1 is 1.54 bits per heavy atom. The van der Waals surface area contributed by atoms with E-state index < -0.39 is 5.97 Å². The SMILES string of the molecule is O=C(O)c1ccnc2c1ccn2Cl. The van der Waals surface area contributed by atoms with Crippen molar-refractivity contribution in [2.24, 2.45) is 0 Å². The molecule has 0 bridgehead atoms. The van der Waals surface area contributed by atoms with Gasteiger partial charge in [-0.25, -0.2) is 13.9 Å². The topological polar surface area (TPSA) is 55.1 Å². The molecule has 0 aliphatic rings. The molecule has 0 aliphatic carbocycles. The number of carboxylic acids is 1. The number of carbonyl (C=O) groups is 1. The Morgan fingerprint density at radius 2 is 2.31 bits per heavy atom. The summed E-state index contributed by atoms with van der Waals surface area (Å²) < 4.78 is 1.27. The molecule has 5 heteroatoms. The lowest BCUT2D eigenvalue weighted by atomic mass is 10.2. The first-order chi connectivity index (χ1) is 6.20. The van der Waals surface area contributed by atoms with Gasteiger partial charge in [0.2, 0.25) is 0 Å². The van der Waals surface area contributed by atoms with Gasteiger partial charge in [0, 0.05) is 29.6 Å². The maximum atomic E-state index is 10.7. The van der Waals surface area contributed by atoms with Gasteiger partial charge < -0.3 is 5.11 Å². The first-order valence-corrected chi connectivity index (χ1v) is 3.89. The Balaban J connectivity index is 2.84. The van der Waals surface area contributed by atoms with E-state index >= 15 is 0 Å². The minimum absolute atomic E-state index is 0.212. The predicted molar refractivity (Wildman–Crippen MR) is 47.9 cm³/mol. The van der Waals surface area contributed by atoms with Crippen LogP contribution >= 0.6 is 11.8 Å². The van der Waals surface area contributed by atoms with Crippen LogP contribution < -0.4 is 0 Å². The number of halogens is 1. The molecule has 0 fully saturated rings. The molecule has 0 atom stereocenters. The fraction of sp³-hybridized carbons (Fsp3) is 0. The summed E-state index contributed by atoms with van der Waals surface area (Å²) in [6.07, 6.45) is 2.98. The average molecular weight is 197 g/mol. The van der Waals surface area contributed by atoms with E-state index in [9.17, 15) is 4.79 Å². The van der Waals surface area contributed by atoms with Crippen LogP contribution in [-0.2, 0) is 0 Å². The van der Waals surface area contributed by atoms with Crippen molar-refractivity contribution >= 4 is 28.8 Å². The van der Waals surface area contributed by atoms with Crippen molar-refractivity contribution in [3.8, 4) is 0 Å². The van der Waals surface area contributed by atoms with Crippen LogP contribution in [0.4, 0.5) is 0 Å². The maximum absolute atomic E-state index is 10.7. The number of aromatic carboxylic acids is 1. The highest BCUT2D eigenvalue weighted by Crippen LogP contribution is 2.18. The van der Waals surface area contributed by atoms with Crippen molar-refractivity contribution in [1.29, 1.82) is 0 Å². The Bertz CT molecular complexity index is 478. The van der Waals surface area contributed by atoms with Crippen molar-refractivity contribution in [1.82, 2.24) is 9.07 Å². The van der Waals surface area contributed by atoms with Crippen molar-refractivity contribution < 1.29 is 9.90 Å². The van der Waals surface area contributed by atoms with Crippen LogP contribution in [0.15, 0.2) is 24.5 Å². The zero-order valence-electron chi connectivity index (χ0n) is 6.44. The monoisotopic (exact) mass is 196 g/mol. The van der Waals surface area contributed by atoms with E-state index in [0.29, 0.717) is 11.0 Å². The van der Waals surface area contributed by atoms with Gasteiger partial charge >= 0.3 is 5.97 Å². The molecule has 13 heavy (non-hydrogen) atoms. The second-order valence-electron chi connectivity index (χ2n) is 2.53. The first kappa shape index (κ1) is 8.07. The van der Waals surface area contributed by atoms with Crippen LogP contribution in [0.25, 0.3) is 11.0 Å². The molecule has 0 aliphatic heterocycles. The molecule has 4 nitrogen and oxygen atoms in total. The molecule has 0 spiro atoms. The number of hydrogen-bond acceptors (Lipinski definition) is 2. The van der Waals surface area contributed by atoms with Gasteiger partial charge in [0.05, 0.1) is 5.56 Å². The van der Waals surface area contributed by atoms with Crippen LogP contribution in [0.1, 0.15) is 10.4 Å². The summed E-state index contributed by atoms with van der Waals surface area (Å²) in [5.41, 5.74) is 0.672. The third-order valence-electron chi connectivity index (χ3n) is 1.77. The molecule has 0 saturated heterocycles. The summed E-state index contributed by atoms with van der Waals surface area (Å²) in [6, 6.07) is 3.07. The second kappa shape index (κ2) is 2.74. The maximum Gasteiger partial charge on any atom is 0.336 e. The molecule has 2 aromatic heterocycles. The molecule has 0 radical (unpaired) electrons. The van der Waals surface area contributed by atoms with Crippen molar-refractivity contribution in [2.75, 3.05) is 0 Å². The molecule has 1 N–H and O–H groups in total. The fourth-order valence-electron chi connectivity index (χ4n) is 1.19. The highest BCUT2D eigenvalue weighted by Gasteiger charge is 2.10. The zero-order valence-corrected chi connectivity index (χ0v) is 7.19. The lowest BCUT2D eigenvalue weighted by Gasteiger charge is -1.96. The van der Waals surface area contributed by atoms with Crippen LogP contribution in [0.3, 0.4) is 0 Å². The number of carboxylic acid groups (broad SMARTS) is 1. The summed E-state index contributed by atoms with van der Waals surface area (Å²) in [5, 5.41) is 9.36. The molecule has 2 heterocycles. The molecule has 0 unspecified atom stereocenters. The van der Waals surface area contributed by atoms with Crippen LogP contribution in [0.5, 0.6) is 0 Å². The average Bonchev–Trinajstić information content (AvgIpc) is 2.48. The van der Waals surface area contributed by atoms with Crippen molar-refractivity contribution in [2.45, 2.75) is 0 Å². The first-order valence-electron chi connectivity index (χ1n) is 3.55. The standard InChI is InChI=1S/C8H5ClN2O2/c9-11-4-2-5-6(8(12)13)1-3-10-7(5)11/h1-4H,(H,12,13). The number of aromatic nitrogens is 2. The van der Waals surface area contributed by atoms with Gasteiger partial charge in [-0.1, -0.05) is 0 Å². The molecule has 2 rings (SSSR count). The van der Waals surface area contributed by atoms with E-state index in [1.807, 2.05) is 0 Å². The number of rotatable bonds is 1. The number of hydrogen-bond donors (Lipinski definition) is 1. The van der Waals surface area contributed by atoms with Gasteiger partial charge in [0.15, 0.2) is 5.65 Å². The van der Waals surface area contributed by atoms with Crippen LogP contribution in [0, 0.1) is 0 Å². The van der Waals surface area contributed by atoms with Gasteiger partial charge in [0.25, 0.3) is 0 Å². The summed E-state index contributed by atoms with van der Waals surface area (Å²) in [5.74, 6) is -0.977. The molecule has 66 valence electrons. The summed E-state index contributed by atoms with van der Waals surface area (Å²) in [4.78, 5) is 14.7. The Morgan fingerprint density at radius 3 is 3.00 bits per heavy atom. The van der Waals surface area contributed by atoms with Crippen LogP contribution in [-0.4, -0.2) is 20.1 Å². The number of nitrogens with zero attached hydrogens (tertiary/aromatic N) is 2. The summed E-state index contributed by atoms with van der Waals surface area (Å²) in [7, 11) is 0. The largest absolute Gasteiger partial charge is 0.478 e. The second-order valence-corrected chi connectivity index (χ2v) is 2.89. The van der Waals surface area contributed by atoms with Gasteiger partial charge in [-0.05, 0) is 12.1 Å². The zero-order chi connectivity index (χ0) is 9.42. The van der Waals surface area contributed by atoms with E-state index in [4.69, 9.17) is 16.9 Å². The van der Waals surface area contributed by atoms with Gasteiger partial charge in [0.1, 0.15) is 0 Å². The Kier molecular flexibility index (Phi) is 1.70. The normalized spacial score (nSPS) is 10.5. The van der Waals surface area contributed by atoms with E-state index in [1.54, 1.807) is 12.3 Å². The Labute approximate surface area is 78.5 Å². The highest BCUT2D eigenvalue weighted by molar-refractivity contribution is 6.19. The lowest BCUT2D eigenvalue weighted by molar-refractivity contribution is 0.0699. The number of pyridine rings is 1. The molecule has 0 amide bonds. The van der Waals surface area contributed by atoms with Crippen LogP contribution in [0.2, 0.25) is 0 Å². The van der Waals surface area contributed by atoms with Crippen molar-refractivity contribution in [3.05, 3.63) is 30.1 Å². The lowest BCUT2D eigenvalue weighted by Crippen LogP contribution is -1.97. The highest BCUT2D eigenvalue weighted by atomic mass is 35.5. The van der Waals surface area contributed by atoms with Gasteiger partial charge in [-0.3, -0.25) is 0 Å². The molecular weight excluding hydrogens is 192 g/mol. The van der Waals surface area contributed by atoms with Gasteiger partial charge in [-0.15, -0.1) is 0 Å². The molecular formula is C8H5ClN2O2. The summed E-state index contributed by atoms with van der Waals surface area (Å²) in [6.45, 7) is 0. The van der Waals surface area contributed by atoms with Gasteiger partial charge in [-0.2, -0.15) is 0 Å². The third-order valence-corrected chi connectivity index (χ3v) is 2.05. The molecule has 0 saturated carbocycles. The van der Waals surface area contributed by atoms with E-state index in [1.165, 1.54) is 16.3 Å². The molecule has 2 aromatic rings. The summed E-state index contributed by atoms with van der Waals surface area (Å²) >= 11 is 5.71. The fourth-order valence-corrected chi connectivity index (χ4v) is 1.38. The van der Waals surface area contributed by atoms with E-state index in [0.717, 1.165) is 0 Å². The van der Waals surface area contributed by atoms with Crippen molar-refractivity contribution in [3.63, 3.8) is 0 Å². The Hall–Kier alpha value is -1.55. The minimum atomic E-state index is -0.977. The smallest absolute Gasteiger partial charge is 0.336 e. The molecule has 0 aromatic carbocycles. The van der Waals surface area contributed by atoms with E-state index in [-0.39, 0.29) is 5.56 Å². The number of fused-ring (bicyclic) bond motifs is 1. The minimum Gasteiger partial charge on any atom is -0.478 e. The third kappa shape index (κ3) is 1.15. The van der Waals surface area contributed by atoms with E-state index in [2.05, 4.69) is 4.98 Å². The predicted octanol–water partition coefficient (Wildman–Crippen LogP) is 1.74. The quantitative estimate of drug-likeness (QED) is 0.756.